The second-order valence-electron chi connectivity index (χ2n) is 6.81. The van der Waals surface area contributed by atoms with Crippen molar-refractivity contribution in [1.29, 1.82) is 0 Å². The molecule has 1 atom stereocenters. The number of hydrogen-bond acceptors (Lipinski definition) is 7. The first-order chi connectivity index (χ1) is 13.4. The summed E-state index contributed by atoms with van der Waals surface area (Å²) in [5.74, 6) is -0.423. The van der Waals surface area contributed by atoms with E-state index >= 15 is 0 Å². The number of nitrogens with one attached hydrogen (secondary N) is 1. The number of nitrogens with two attached hydrogens (primary N) is 1. The first-order valence-corrected chi connectivity index (χ1v) is 9.60. The molecule has 0 unspecified atom stereocenters. The molecule has 2 aromatic rings. The summed E-state index contributed by atoms with van der Waals surface area (Å²) in [6, 6.07) is 7.90. The molecule has 28 heavy (non-hydrogen) atoms. The molecule has 1 aromatic heterocycles. The molecular formula is C19H25ClN6O2. The fourth-order valence-electron chi connectivity index (χ4n) is 3.20. The molecule has 8 nitrogen and oxygen atoms in total. The maximum absolute atomic E-state index is 11.7. The minimum absolute atomic E-state index is 0.0650. The molecule has 1 aromatic carbocycles. The first kappa shape index (κ1) is 20.3. The van der Waals surface area contributed by atoms with Crippen LogP contribution in [-0.4, -0.2) is 65.2 Å². The number of benzene rings is 1. The van der Waals surface area contributed by atoms with Crippen molar-refractivity contribution in [2.24, 2.45) is 5.73 Å². The molecular weight excluding hydrogens is 380 g/mol. The molecule has 1 fully saturated rings. The van der Waals surface area contributed by atoms with Gasteiger partial charge in [-0.05, 0) is 37.7 Å². The summed E-state index contributed by atoms with van der Waals surface area (Å²) >= 11 is 6.14. The Morgan fingerprint density at radius 2 is 2.04 bits per heavy atom. The Morgan fingerprint density at radius 1 is 1.32 bits per heavy atom. The Bertz CT molecular complexity index is 845. The molecule has 9 heteroatoms. The molecule has 1 aliphatic heterocycles. The molecule has 0 spiro atoms. The number of piperazine rings is 1. The van der Waals surface area contributed by atoms with Gasteiger partial charge in [0.2, 0.25) is 0 Å². The van der Waals surface area contributed by atoms with E-state index in [0.29, 0.717) is 12.1 Å². The molecule has 3 rings (SSSR count). The van der Waals surface area contributed by atoms with Crippen molar-refractivity contribution in [3.63, 3.8) is 0 Å². The van der Waals surface area contributed by atoms with E-state index in [1.807, 2.05) is 38.2 Å². The van der Waals surface area contributed by atoms with Crippen LogP contribution in [0.3, 0.4) is 0 Å². The number of halogens is 1. The highest BCUT2D eigenvalue weighted by Gasteiger charge is 2.23. The van der Waals surface area contributed by atoms with E-state index in [1.54, 1.807) is 0 Å². The van der Waals surface area contributed by atoms with Gasteiger partial charge in [0.1, 0.15) is 0 Å². The van der Waals surface area contributed by atoms with Crippen LogP contribution in [0.15, 0.2) is 24.3 Å². The Balaban J connectivity index is 1.78. The lowest BCUT2D eigenvalue weighted by atomic mass is 10.1. The smallest absolute Gasteiger partial charge is 0.271 e. The van der Waals surface area contributed by atoms with E-state index in [0.717, 1.165) is 31.0 Å². The summed E-state index contributed by atoms with van der Waals surface area (Å²) in [7, 11) is 2.03. The van der Waals surface area contributed by atoms with Gasteiger partial charge in [-0.15, -0.1) is 0 Å². The van der Waals surface area contributed by atoms with Gasteiger partial charge in [0.25, 0.3) is 5.91 Å². The zero-order valence-electron chi connectivity index (χ0n) is 16.0. The number of carbonyl (C=O) groups is 1. The Morgan fingerprint density at radius 3 is 2.64 bits per heavy atom. The van der Waals surface area contributed by atoms with Crippen molar-refractivity contribution >= 4 is 34.7 Å². The summed E-state index contributed by atoms with van der Waals surface area (Å²) in [6.45, 7) is 4.57. The molecule has 0 bridgehead atoms. The monoisotopic (exact) mass is 404 g/mol. The van der Waals surface area contributed by atoms with E-state index in [2.05, 4.69) is 25.1 Å². The summed E-state index contributed by atoms with van der Waals surface area (Å²) in [5.41, 5.74) is 7.85. The minimum atomic E-state index is -0.662. The zero-order valence-corrected chi connectivity index (χ0v) is 16.8. The Labute approximate surface area is 169 Å². The van der Waals surface area contributed by atoms with Crippen molar-refractivity contribution in [1.82, 2.24) is 14.9 Å². The van der Waals surface area contributed by atoms with Gasteiger partial charge in [0.15, 0.2) is 16.7 Å². The Kier molecular flexibility index (Phi) is 6.33. The van der Waals surface area contributed by atoms with Crippen molar-refractivity contribution in [2.45, 2.75) is 19.4 Å². The van der Waals surface area contributed by atoms with Gasteiger partial charge in [0, 0.05) is 31.0 Å². The molecule has 0 radical (unpaired) electrons. The van der Waals surface area contributed by atoms with Crippen molar-refractivity contribution in [3.8, 4) is 0 Å². The van der Waals surface area contributed by atoms with Crippen LogP contribution in [-0.2, 0) is 6.42 Å². The summed E-state index contributed by atoms with van der Waals surface area (Å²) < 4.78 is 0. The normalized spacial score (nSPS) is 17.6. The topological polar surface area (TPSA) is 108 Å². The number of likely N-dealkylation sites (N-methyl/N-ethyl adjacent to an activating group) is 1. The van der Waals surface area contributed by atoms with Gasteiger partial charge >= 0.3 is 0 Å². The summed E-state index contributed by atoms with van der Waals surface area (Å²) in [5, 5.41) is 12.9. The highest BCUT2D eigenvalue weighted by molar-refractivity contribution is 6.30. The fraction of sp³-hybridized carbons (Fsp3) is 0.421. The van der Waals surface area contributed by atoms with Crippen LogP contribution in [0.2, 0.25) is 5.15 Å². The quantitative estimate of drug-likeness (QED) is 0.671. The van der Waals surface area contributed by atoms with Crippen LogP contribution in [0.25, 0.3) is 0 Å². The predicted octanol–water partition coefficient (Wildman–Crippen LogP) is 1.65. The van der Waals surface area contributed by atoms with Gasteiger partial charge in [0.05, 0.1) is 18.3 Å². The van der Waals surface area contributed by atoms with Crippen LogP contribution >= 0.6 is 11.6 Å². The lowest BCUT2D eigenvalue weighted by Gasteiger charge is -2.39. The molecule has 1 amide bonds. The van der Waals surface area contributed by atoms with Gasteiger partial charge in [-0.3, -0.25) is 9.69 Å². The lowest BCUT2D eigenvalue weighted by Crippen LogP contribution is -2.53. The Hall–Kier alpha value is -2.42. The number of aryl methyl sites for hydroxylation is 1. The first-order valence-electron chi connectivity index (χ1n) is 9.22. The van der Waals surface area contributed by atoms with E-state index in [-0.39, 0.29) is 29.3 Å². The second kappa shape index (κ2) is 8.72. The van der Waals surface area contributed by atoms with Crippen LogP contribution in [0.4, 0.5) is 17.2 Å². The standard InChI is InChI=1S/C19H25ClN6O2/c1-3-15-17(20)24-19(16(23-15)18(21)28)22-12-4-6-13(7-5-12)26-9-8-25(2)14(10-26)11-27/h4-7,14,27H,3,8-11H2,1-2H3,(H2,21,28)(H,22,24)/t14-/m0/s1. The number of aromatic nitrogens is 2. The average Bonchev–Trinajstić information content (AvgIpc) is 2.69. The van der Waals surface area contributed by atoms with Crippen LogP contribution in [0.5, 0.6) is 0 Å². The third-order valence-corrected chi connectivity index (χ3v) is 5.27. The number of aliphatic hydroxyl groups excluding tert-OH is 1. The number of hydrogen-bond donors (Lipinski definition) is 3. The van der Waals surface area contributed by atoms with Gasteiger partial charge in [-0.2, -0.15) is 0 Å². The molecule has 1 saturated heterocycles. The molecule has 0 saturated carbocycles. The third-order valence-electron chi connectivity index (χ3n) is 4.97. The number of aliphatic hydroxyl groups is 1. The van der Waals surface area contributed by atoms with Gasteiger partial charge in [-0.25, -0.2) is 9.97 Å². The highest BCUT2D eigenvalue weighted by atomic mass is 35.5. The van der Waals surface area contributed by atoms with Gasteiger partial charge in [-0.1, -0.05) is 18.5 Å². The minimum Gasteiger partial charge on any atom is -0.395 e. The molecule has 2 heterocycles. The summed E-state index contributed by atoms with van der Waals surface area (Å²) in [6.07, 6.45) is 0.556. The number of rotatable bonds is 6. The van der Waals surface area contributed by atoms with E-state index in [4.69, 9.17) is 17.3 Å². The molecule has 4 N–H and O–H groups in total. The second-order valence-corrected chi connectivity index (χ2v) is 7.17. The maximum atomic E-state index is 11.7. The van der Waals surface area contributed by atoms with Gasteiger partial charge < -0.3 is 21.1 Å². The highest BCUT2D eigenvalue weighted by Crippen LogP contribution is 2.25. The molecule has 1 aliphatic rings. The number of amides is 1. The fourth-order valence-corrected chi connectivity index (χ4v) is 3.46. The van der Waals surface area contributed by atoms with E-state index < -0.39 is 5.91 Å². The third kappa shape index (κ3) is 4.35. The van der Waals surface area contributed by atoms with E-state index in [9.17, 15) is 9.90 Å². The zero-order chi connectivity index (χ0) is 20.3. The van der Waals surface area contributed by atoms with Crippen molar-refractivity contribution in [2.75, 3.05) is 43.5 Å². The SMILES string of the molecule is CCc1nc(C(N)=O)c(Nc2ccc(N3CCN(C)[C@H](CO)C3)cc2)nc1Cl. The molecule has 150 valence electrons. The largest absolute Gasteiger partial charge is 0.395 e. The number of nitrogens with zero attached hydrogens (tertiary/aromatic N) is 4. The molecule has 0 aliphatic carbocycles. The van der Waals surface area contributed by atoms with E-state index in [1.165, 1.54) is 0 Å². The lowest BCUT2D eigenvalue weighted by molar-refractivity contribution is 0.0996. The predicted molar refractivity (Wildman–Crippen MR) is 110 cm³/mol. The number of carbonyl (C=O) groups excluding carboxylic acids is 1. The summed E-state index contributed by atoms with van der Waals surface area (Å²) in [4.78, 5) is 24.6. The average molecular weight is 405 g/mol. The van der Waals surface area contributed by atoms with Crippen LogP contribution < -0.4 is 16.0 Å². The number of primary amides is 1. The van der Waals surface area contributed by atoms with Crippen LogP contribution in [0.1, 0.15) is 23.1 Å². The van der Waals surface area contributed by atoms with Crippen molar-refractivity contribution in [3.05, 3.63) is 40.8 Å². The maximum Gasteiger partial charge on any atom is 0.271 e. The van der Waals surface area contributed by atoms with Crippen LogP contribution in [0, 0.1) is 0 Å². The number of anilines is 3. The van der Waals surface area contributed by atoms with Crippen molar-refractivity contribution < 1.29 is 9.90 Å².